The van der Waals surface area contributed by atoms with Crippen molar-refractivity contribution in [2.75, 3.05) is 7.05 Å². The van der Waals surface area contributed by atoms with Gasteiger partial charge in [0.2, 0.25) is 5.91 Å². The summed E-state index contributed by atoms with van der Waals surface area (Å²) in [6.45, 7) is 8.44. The van der Waals surface area contributed by atoms with Gasteiger partial charge < -0.3 is 25.4 Å². The molecule has 2 heterocycles. The highest BCUT2D eigenvalue weighted by atomic mass is 32.1. The molecule has 3 amide bonds. The predicted molar refractivity (Wildman–Crippen MR) is 198 cm³/mol. The molecule has 2 aromatic heterocycles. The first-order valence-electron chi connectivity index (χ1n) is 17.0. The second-order valence-corrected chi connectivity index (χ2v) is 15.4. The van der Waals surface area contributed by atoms with Crippen molar-refractivity contribution in [1.82, 2.24) is 25.5 Å². The van der Waals surface area contributed by atoms with Gasteiger partial charge >= 0.3 is 12.0 Å². The predicted octanol–water partition coefficient (Wildman–Crippen LogP) is 6.36. The SMILES string of the molecule is CC(C)c1ncc(CN(C)C(=O)N[C@H](C(=O)N[C@@H](Cc2ccccc2)C[C@H](O)[C@@H](CC(=O)OCc2cncs2)Cc2ccccc2)C(C)C)s1. The second-order valence-electron chi connectivity index (χ2n) is 13.3. The zero-order valence-corrected chi connectivity index (χ0v) is 31.1. The van der Waals surface area contributed by atoms with Gasteiger partial charge in [-0.25, -0.2) is 9.78 Å². The number of esters is 1. The van der Waals surface area contributed by atoms with E-state index in [1.165, 1.54) is 11.3 Å². The highest BCUT2D eigenvalue weighted by Gasteiger charge is 2.31. The molecule has 2 aromatic carbocycles. The van der Waals surface area contributed by atoms with Gasteiger partial charge in [-0.3, -0.25) is 14.6 Å². The number of nitrogens with zero attached hydrogens (tertiary/aromatic N) is 3. The molecule has 4 atom stereocenters. The maximum atomic E-state index is 13.9. The summed E-state index contributed by atoms with van der Waals surface area (Å²) in [5.41, 5.74) is 3.66. The zero-order chi connectivity index (χ0) is 36.0. The molecule has 0 saturated carbocycles. The van der Waals surface area contributed by atoms with Crippen LogP contribution in [-0.4, -0.2) is 63.1 Å². The molecule has 0 saturated heterocycles. The molecule has 3 N–H and O–H groups in total. The largest absolute Gasteiger partial charge is 0.460 e. The number of amides is 3. The van der Waals surface area contributed by atoms with Gasteiger partial charge in [0.15, 0.2) is 0 Å². The Morgan fingerprint density at radius 2 is 1.56 bits per heavy atom. The summed E-state index contributed by atoms with van der Waals surface area (Å²) < 4.78 is 5.54. The van der Waals surface area contributed by atoms with Crippen molar-refractivity contribution in [2.45, 2.75) is 90.6 Å². The lowest BCUT2D eigenvalue weighted by Crippen LogP contribution is -2.55. The number of rotatable bonds is 18. The molecule has 0 aliphatic carbocycles. The Morgan fingerprint density at radius 1 is 0.900 bits per heavy atom. The van der Waals surface area contributed by atoms with Gasteiger partial charge in [-0.15, -0.1) is 22.7 Å². The number of thiazole rings is 2. The van der Waals surface area contributed by atoms with Gasteiger partial charge in [0.05, 0.1) is 34.5 Å². The number of benzene rings is 2. The summed E-state index contributed by atoms with van der Waals surface area (Å²) in [6.07, 6.45) is 3.65. The number of urea groups is 1. The van der Waals surface area contributed by atoms with E-state index in [0.29, 0.717) is 25.3 Å². The lowest BCUT2D eigenvalue weighted by molar-refractivity contribution is -0.147. The van der Waals surface area contributed by atoms with E-state index in [9.17, 15) is 19.5 Å². The normalized spacial score (nSPS) is 13.8. The first kappa shape index (κ1) is 38.7. The van der Waals surface area contributed by atoms with Crippen LogP contribution in [0, 0.1) is 11.8 Å². The third kappa shape index (κ3) is 12.3. The standard InChI is InChI=1S/C38H49N5O5S2/c1-25(2)35(42-38(47)43(5)22-31-21-40-37(50-31)26(3)4)36(46)41-30(17-28-14-10-7-11-15-28)19-33(44)29(16-27-12-8-6-9-13-27)18-34(45)48-23-32-20-39-24-49-32/h6-15,20-21,24-26,29-30,33,35,44H,16-19,22-23H2,1-5H3,(H,41,46)(H,42,47)/t29-,30+,33+,35+/m1/s1. The summed E-state index contributed by atoms with van der Waals surface area (Å²) in [5.74, 6) is -1.10. The minimum absolute atomic E-state index is 0.0102. The lowest BCUT2D eigenvalue weighted by Gasteiger charge is -2.30. The molecule has 10 nitrogen and oxygen atoms in total. The van der Waals surface area contributed by atoms with Crippen molar-refractivity contribution < 1.29 is 24.2 Å². The third-order valence-electron chi connectivity index (χ3n) is 8.40. The minimum atomic E-state index is -0.937. The molecule has 268 valence electrons. The van der Waals surface area contributed by atoms with E-state index < -0.39 is 30.1 Å². The fourth-order valence-electron chi connectivity index (χ4n) is 5.61. The number of carbonyl (C=O) groups excluding carboxylic acids is 3. The first-order valence-corrected chi connectivity index (χ1v) is 18.7. The molecule has 4 aromatic rings. The molecule has 0 aliphatic heterocycles. The van der Waals surface area contributed by atoms with Crippen LogP contribution in [0.4, 0.5) is 4.79 Å². The maximum Gasteiger partial charge on any atom is 0.318 e. The summed E-state index contributed by atoms with van der Waals surface area (Å²) in [6, 6.07) is 17.8. The van der Waals surface area contributed by atoms with E-state index >= 15 is 0 Å². The number of nitrogens with one attached hydrogen (secondary N) is 2. The topological polar surface area (TPSA) is 134 Å². The molecule has 0 spiro atoms. The molecule has 4 rings (SSSR count). The Bertz CT molecular complexity index is 1610. The van der Waals surface area contributed by atoms with Crippen LogP contribution in [0.15, 0.2) is 78.6 Å². The van der Waals surface area contributed by atoms with Crippen LogP contribution in [0.1, 0.15) is 72.3 Å². The Labute approximate surface area is 303 Å². The van der Waals surface area contributed by atoms with Crippen molar-refractivity contribution in [3.05, 3.63) is 104 Å². The molecule has 0 bridgehead atoms. The average Bonchev–Trinajstić information content (AvgIpc) is 3.79. The van der Waals surface area contributed by atoms with Crippen LogP contribution in [0.2, 0.25) is 0 Å². The van der Waals surface area contributed by atoms with Crippen molar-refractivity contribution in [3.8, 4) is 0 Å². The van der Waals surface area contributed by atoms with Crippen molar-refractivity contribution >= 4 is 40.6 Å². The van der Waals surface area contributed by atoms with Crippen molar-refractivity contribution in [2.24, 2.45) is 11.8 Å². The van der Waals surface area contributed by atoms with Crippen LogP contribution in [-0.2, 0) is 40.3 Å². The maximum absolute atomic E-state index is 13.9. The number of aliphatic hydroxyl groups is 1. The molecule has 0 aliphatic rings. The van der Waals surface area contributed by atoms with Crippen molar-refractivity contribution in [3.63, 3.8) is 0 Å². The van der Waals surface area contributed by atoms with Crippen LogP contribution >= 0.6 is 22.7 Å². The quantitative estimate of drug-likeness (QED) is 0.102. The minimum Gasteiger partial charge on any atom is -0.460 e. The van der Waals surface area contributed by atoms with E-state index in [0.717, 1.165) is 25.9 Å². The number of aliphatic hydroxyl groups excluding tert-OH is 1. The second kappa shape index (κ2) is 19.3. The van der Waals surface area contributed by atoms with E-state index in [2.05, 4.69) is 34.4 Å². The van der Waals surface area contributed by atoms with E-state index in [-0.39, 0.29) is 37.3 Å². The Morgan fingerprint density at radius 3 is 2.14 bits per heavy atom. The Kier molecular flexibility index (Phi) is 14.9. The molecular weight excluding hydrogens is 671 g/mol. The number of carbonyl (C=O) groups is 3. The first-order chi connectivity index (χ1) is 24.0. The van der Waals surface area contributed by atoms with Crippen LogP contribution < -0.4 is 10.6 Å². The Balaban J connectivity index is 1.46. The summed E-state index contributed by atoms with van der Waals surface area (Å²) in [7, 11) is 1.70. The van der Waals surface area contributed by atoms with Gasteiger partial charge in [-0.1, -0.05) is 88.4 Å². The molecule has 0 radical (unpaired) electrons. The van der Waals surface area contributed by atoms with Crippen molar-refractivity contribution in [1.29, 1.82) is 0 Å². The fourth-order valence-corrected chi connectivity index (χ4v) is 7.09. The van der Waals surface area contributed by atoms with Gasteiger partial charge in [0.1, 0.15) is 12.6 Å². The Hall–Kier alpha value is -4.13. The number of ether oxygens (including phenoxy) is 1. The van der Waals surface area contributed by atoms with E-state index in [1.54, 1.807) is 41.2 Å². The van der Waals surface area contributed by atoms with Gasteiger partial charge in [-0.05, 0) is 42.2 Å². The summed E-state index contributed by atoms with van der Waals surface area (Å²) in [5, 5.41) is 18.8. The van der Waals surface area contributed by atoms with Gasteiger partial charge in [-0.2, -0.15) is 0 Å². The van der Waals surface area contributed by atoms with E-state index in [4.69, 9.17) is 4.74 Å². The highest BCUT2D eigenvalue weighted by Crippen LogP contribution is 2.24. The molecule has 12 heteroatoms. The zero-order valence-electron chi connectivity index (χ0n) is 29.5. The van der Waals surface area contributed by atoms with Crippen LogP contribution in [0.5, 0.6) is 0 Å². The fraction of sp³-hybridized carbons (Fsp3) is 0.447. The molecular formula is C38H49N5O5S2. The lowest BCUT2D eigenvalue weighted by atomic mass is 9.86. The van der Waals surface area contributed by atoms with Crippen LogP contribution in [0.25, 0.3) is 0 Å². The van der Waals surface area contributed by atoms with E-state index in [1.807, 2.05) is 74.5 Å². The average molecular weight is 720 g/mol. The summed E-state index contributed by atoms with van der Waals surface area (Å²) in [4.78, 5) is 52.0. The molecule has 0 fully saturated rings. The third-order valence-corrected chi connectivity index (χ3v) is 10.4. The number of aromatic nitrogens is 2. The highest BCUT2D eigenvalue weighted by molar-refractivity contribution is 7.11. The van der Waals surface area contributed by atoms with Gasteiger partial charge in [0, 0.05) is 36.3 Å². The smallest absolute Gasteiger partial charge is 0.318 e. The number of hydrogen-bond donors (Lipinski definition) is 3. The molecule has 50 heavy (non-hydrogen) atoms. The number of hydrogen-bond acceptors (Lipinski definition) is 9. The monoisotopic (exact) mass is 719 g/mol. The van der Waals surface area contributed by atoms with Gasteiger partial charge in [0.25, 0.3) is 0 Å². The molecule has 0 unspecified atom stereocenters. The summed E-state index contributed by atoms with van der Waals surface area (Å²) >= 11 is 2.98. The van der Waals surface area contributed by atoms with Crippen LogP contribution in [0.3, 0.4) is 0 Å².